The van der Waals surface area contributed by atoms with Crippen LogP contribution in [-0.2, 0) is 9.59 Å². The summed E-state index contributed by atoms with van der Waals surface area (Å²) in [5.41, 5.74) is -1.63. The molecule has 2 heterocycles. The van der Waals surface area contributed by atoms with Gasteiger partial charge in [-0.1, -0.05) is 6.08 Å². The third kappa shape index (κ3) is 1.95. The molecule has 0 spiro atoms. The second-order valence-corrected chi connectivity index (χ2v) is 6.11. The number of amides is 2. The molecule has 0 aromatic rings. The molecule has 3 rings (SSSR count). The molecular formula is C15H21FN2O2. The van der Waals surface area contributed by atoms with Crippen LogP contribution in [0.3, 0.4) is 0 Å². The lowest BCUT2D eigenvalue weighted by Crippen LogP contribution is -2.57. The highest BCUT2D eigenvalue weighted by Gasteiger charge is 2.52. The van der Waals surface area contributed by atoms with Crippen molar-refractivity contribution in [2.75, 3.05) is 13.1 Å². The Bertz CT molecular complexity index is 447. The molecule has 20 heavy (non-hydrogen) atoms. The van der Waals surface area contributed by atoms with Crippen LogP contribution in [0.1, 0.15) is 38.5 Å². The smallest absolute Gasteiger partial charge is 0.260 e. The van der Waals surface area contributed by atoms with Crippen LogP contribution in [0.4, 0.5) is 4.39 Å². The van der Waals surface area contributed by atoms with Crippen molar-refractivity contribution in [2.24, 2.45) is 0 Å². The van der Waals surface area contributed by atoms with E-state index in [0.29, 0.717) is 38.8 Å². The van der Waals surface area contributed by atoms with E-state index in [4.69, 9.17) is 0 Å². The van der Waals surface area contributed by atoms with Gasteiger partial charge in [-0.05, 0) is 32.1 Å². The summed E-state index contributed by atoms with van der Waals surface area (Å²) in [6, 6.07) is 0.0373. The maximum atomic E-state index is 14.3. The van der Waals surface area contributed by atoms with Crippen molar-refractivity contribution in [1.82, 2.24) is 9.80 Å². The van der Waals surface area contributed by atoms with Gasteiger partial charge in [-0.2, -0.15) is 0 Å². The molecule has 5 heteroatoms. The standard InChI is InChI=1S/C15H21FN2O2/c1-2-9-17-12-6-10-18(11(12)4-5-13(17)19)14(20)15(16)7-3-8-15/h2,11-12H,1,3-10H2/t11-,12-/m1/s1. The van der Waals surface area contributed by atoms with Gasteiger partial charge in [0, 0.05) is 19.5 Å². The zero-order valence-corrected chi connectivity index (χ0v) is 11.7. The van der Waals surface area contributed by atoms with Crippen LogP contribution in [0, 0.1) is 0 Å². The van der Waals surface area contributed by atoms with Gasteiger partial charge < -0.3 is 9.80 Å². The summed E-state index contributed by atoms with van der Waals surface area (Å²) in [5, 5.41) is 0. The normalized spacial score (nSPS) is 31.8. The average Bonchev–Trinajstić information content (AvgIpc) is 2.82. The molecule has 0 bridgehead atoms. The van der Waals surface area contributed by atoms with Gasteiger partial charge in [0.2, 0.25) is 5.91 Å². The Hall–Kier alpha value is -1.39. The first-order valence-electron chi connectivity index (χ1n) is 7.47. The highest BCUT2D eigenvalue weighted by atomic mass is 19.1. The first kappa shape index (κ1) is 13.6. The minimum Gasteiger partial charge on any atom is -0.335 e. The lowest BCUT2D eigenvalue weighted by atomic mass is 9.80. The van der Waals surface area contributed by atoms with Crippen molar-refractivity contribution < 1.29 is 14.0 Å². The summed E-state index contributed by atoms with van der Waals surface area (Å²) in [5.74, 6) is -0.219. The molecule has 2 amide bonds. The van der Waals surface area contributed by atoms with Crippen molar-refractivity contribution in [1.29, 1.82) is 0 Å². The summed E-state index contributed by atoms with van der Waals surface area (Å²) in [6.45, 7) is 4.77. The van der Waals surface area contributed by atoms with Gasteiger partial charge in [0.25, 0.3) is 5.91 Å². The van der Waals surface area contributed by atoms with Gasteiger partial charge >= 0.3 is 0 Å². The molecule has 2 saturated heterocycles. The number of rotatable bonds is 3. The molecule has 0 aromatic heterocycles. The number of piperidine rings is 1. The van der Waals surface area contributed by atoms with Crippen LogP contribution in [0.2, 0.25) is 0 Å². The first-order chi connectivity index (χ1) is 9.57. The van der Waals surface area contributed by atoms with Crippen molar-refractivity contribution in [3.05, 3.63) is 12.7 Å². The largest absolute Gasteiger partial charge is 0.335 e. The van der Waals surface area contributed by atoms with Crippen molar-refractivity contribution in [3.8, 4) is 0 Å². The van der Waals surface area contributed by atoms with E-state index in [1.165, 1.54) is 0 Å². The fourth-order valence-corrected chi connectivity index (χ4v) is 3.74. The van der Waals surface area contributed by atoms with Crippen LogP contribution < -0.4 is 0 Å². The predicted molar refractivity (Wildman–Crippen MR) is 72.7 cm³/mol. The zero-order valence-electron chi connectivity index (χ0n) is 11.7. The molecule has 0 radical (unpaired) electrons. The number of halogens is 1. The van der Waals surface area contributed by atoms with E-state index in [1.54, 1.807) is 15.9 Å². The van der Waals surface area contributed by atoms with Crippen molar-refractivity contribution >= 4 is 11.8 Å². The van der Waals surface area contributed by atoms with Gasteiger partial charge in [-0.3, -0.25) is 9.59 Å². The molecule has 2 aliphatic heterocycles. The number of carbonyl (C=O) groups excluding carboxylic acids is 2. The first-order valence-corrected chi connectivity index (χ1v) is 7.47. The molecule has 0 N–H and O–H groups in total. The molecule has 0 aromatic carbocycles. The average molecular weight is 280 g/mol. The highest BCUT2D eigenvalue weighted by Crippen LogP contribution is 2.41. The van der Waals surface area contributed by atoms with Crippen LogP contribution in [0.25, 0.3) is 0 Å². The Morgan fingerprint density at radius 3 is 2.75 bits per heavy atom. The number of nitrogens with zero attached hydrogens (tertiary/aromatic N) is 2. The highest BCUT2D eigenvalue weighted by molar-refractivity contribution is 5.87. The Morgan fingerprint density at radius 1 is 1.40 bits per heavy atom. The Kier molecular flexibility index (Phi) is 3.30. The molecule has 110 valence electrons. The number of likely N-dealkylation sites (tertiary alicyclic amines) is 2. The Labute approximate surface area is 118 Å². The molecule has 1 aliphatic carbocycles. The molecule has 2 atom stereocenters. The van der Waals surface area contributed by atoms with Crippen LogP contribution in [-0.4, -0.2) is 52.5 Å². The second kappa shape index (κ2) is 4.86. The second-order valence-electron chi connectivity index (χ2n) is 6.11. The lowest BCUT2D eigenvalue weighted by molar-refractivity contribution is -0.153. The lowest BCUT2D eigenvalue weighted by Gasteiger charge is -2.42. The quantitative estimate of drug-likeness (QED) is 0.738. The molecule has 4 nitrogen and oxygen atoms in total. The van der Waals surface area contributed by atoms with E-state index in [-0.39, 0.29) is 23.9 Å². The minimum atomic E-state index is -1.63. The summed E-state index contributed by atoms with van der Waals surface area (Å²) in [6.07, 6.45) is 5.09. The van der Waals surface area contributed by atoms with Crippen LogP contribution in [0.15, 0.2) is 12.7 Å². The van der Waals surface area contributed by atoms with Gasteiger partial charge in [0.15, 0.2) is 5.67 Å². The molecular weight excluding hydrogens is 259 g/mol. The van der Waals surface area contributed by atoms with Gasteiger partial charge in [0.1, 0.15) is 0 Å². The number of carbonyl (C=O) groups is 2. The van der Waals surface area contributed by atoms with E-state index in [9.17, 15) is 14.0 Å². The summed E-state index contributed by atoms with van der Waals surface area (Å²) in [7, 11) is 0. The molecule has 1 saturated carbocycles. The topological polar surface area (TPSA) is 40.6 Å². The maximum absolute atomic E-state index is 14.3. The number of hydrogen-bond donors (Lipinski definition) is 0. The molecule has 3 aliphatic rings. The maximum Gasteiger partial charge on any atom is 0.260 e. The number of hydrogen-bond acceptors (Lipinski definition) is 2. The summed E-state index contributed by atoms with van der Waals surface area (Å²) in [4.78, 5) is 27.9. The monoisotopic (exact) mass is 280 g/mol. The summed E-state index contributed by atoms with van der Waals surface area (Å²) < 4.78 is 14.3. The van der Waals surface area contributed by atoms with Gasteiger partial charge in [0.05, 0.1) is 12.1 Å². The van der Waals surface area contributed by atoms with Crippen molar-refractivity contribution in [2.45, 2.75) is 56.3 Å². The fourth-order valence-electron chi connectivity index (χ4n) is 3.74. The van der Waals surface area contributed by atoms with E-state index >= 15 is 0 Å². The third-order valence-corrected chi connectivity index (χ3v) is 5.00. The van der Waals surface area contributed by atoms with E-state index in [2.05, 4.69) is 6.58 Å². The fraction of sp³-hybridized carbons (Fsp3) is 0.733. The van der Waals surface area contributed by atoms with Gasteiger partial charge in [-0.25, -0.2) is 4.39 Å². The summed E-state index contributed by atoms with van der Waals surface area (Å²) >= 11 is 0. The van der Waals surface area contributed by atoms with E-state index < -0.39 is 5.67 Å². The molecule has 0 unspecified atom stereocenters. The Balaban J connectivity index is 1.76. The Morgan fingerprint density at radius 2 is 2.15 bits per heavy atom. The van der Waals surface area contributed by atoms with Crippen LogP contribution in [0.5, 0.6) is 0 Å². The van der Waals surface area contributed by atoms with Gasteiger partial charge in [-0.15, -0.1) is 6.58 Å². The van der Waals surface area contributed by atoms with E-state index in [0.717, 1.165) is 12.8 Å². The predicted octanol–water partition coefficient (Wildman–Crippen LogP) is 1.66. The minimum absolute atomic E-state index is 0.00613. The van der Waals surface area contributed by atoms with E-state index in [1.807, 2.05) is 0 Å². The number of fused-ring (bicyclic) bond motifs is 1. The van der Waals surface area contributed by atoms with Crippen molar-refractivity contribution in [3.63, 3.8) is 0 Å². The van der Waals surface area contributed by atoms with Crippen LogP contribution >= 0.6 is 0 Å². The SMILES string of the molecule is C=CCN1C(=O)CC[C@@H]2[C@H]1CCN2C(=O)C1(F)CCC1. The zero-order chi connectivity index (χ0) is 14.3. The number of alkyl halides is 1. The third-order valence-electron chi connectivity index (χ3n) is 5.00. The molecule has 3 fully saturated rings.